The fourth-order valence-corrected chi connectivity index (χ4v) is 4.35. The number of aromatic nitrogens is 1. The van der Waals surface area contributed by atoms with Crippen LogP contribution in [0.1, 0.15) is 24.3 Å². The standard InChI is InChI=1S/C16H23N3O3S/c1-18(2)23(20,21)19-8-6-12(7-9-19)15-11-17-16-5-4-13(22-3)10-14(15)16/h4-5,10-12,17H,6-9H2,1-3H3. The number of fused-ring (bicyclic) bond motifs is 1. The van der Waals surface area contributed by atoms with Crippen molar-refractivity contribution in [2.45, 2.75) is 18.8 Å². The molecule has 0 atom stereocenters. The van der Waals surface area contributed by atoms with Gasteiger partial charge in [-0.25, -0.2) is 0 Å². The smallest absolute Gasteiger partial charge is 0.281 e. The van der Waals surface area contributed by atoms with Crippen LogP contribution >= 0.6 is 0 Å². The van der Waals surface area contributed by atoms with Crippen molar-refractivity contribution in [1.82, 2.24) is 13.6 Å². The molecule has 1 aromatic heterocycles. The van der Waals surface area contributed by atoms with E-state index in [-0.39, 0.29) is 0 Å². The Hall–Kier alpha value is -1.57. The molecule has 23 heavy (non-hydrogen) atoms. The highest BCUT2D eigenvalue weighted by Crippen LogP contribution is 2.35. The molecule has 2 aromatic rings. The Morgan fingerprint density at radius 3 is 2.57 bits per heavy atom. The quantitative estimate of drug-likeness (QED) is 0.930. The van der Waals surface area contributed by atoms with E-state index in [0.717, 1.165) is 24.1 Å². The molecule has 126 valence electrons. The number of piperidine rings is 1. The van der Waals surface area contributed by atoms with Gasteiger partial charge in [0.2, 0.25) is 0 Å². The summed E-state index contributed by atoms with van der Waals surface area (Å²) in [5.74, 6) is 1.20. The van der Waals surface area contributed by atoms with E-state index in [0.29, 0.717) is 19.0 Å². The van der Waals surface area contributed by atoms with E-state index in [1.165, 1.54) is 15.3 Å². The predicted molar refractivity (Wildman–Crippen MR) is 91.0 cm³/mol. The van der Waals surface area contributed by atoms with Crippen molar-refractivity contribution in [3.05, 3.63) is 30.0 Å². The summed E-state index contributed by atoms with van der Waals surface area (Å²) < 4.78 is 32.6. The van der Waals surface area contributed by atoms with Crippen LogP contribution in [0, 0.1) is 0 Å². The second-order valence-electron chi connectivity index (χ2n) is 6.12. The van der Waals surface area contributed by atoms with Crippen LogP contribution in [0.4, 0.5) is 0 Å². The fraction of sp³-hybridized carbons (Fsp3) is 0.500. The van der Waals surface area contributed by atoms with Gasteiger partial charge >= 0.3 is 0 Å². The van der Waals surface area contributed by atoms with E-state index < -0.39 is 10.2 Å². The van der Waals surface area contributed by atoms with Crippen LogP contribution in [0.25, 0.3) is 10.9 Å². The maximum absolute atomic E-state index is 12.2. The number of ether oxygens (including phenoxy) is 1. The summed E-state index contributed by atoms with van der Waals surface area (Å²) in [5.41, 5.74) is 2.34. The third-order valence-corrected chi connectivity index (χ3v) is 6.54. The van der Waals surface area contributed by atoms with E-state index >= 15 is 0 Å². The van der Waals surface area contributed by atoms with Crippen molar-refractivity contribution >= 4 is 21.1 Å². The Balaban J connectivity index is 1.80. The highest BCUT2D eigenvalue weighted by Gasteiger charge is 2.30. The zero-order valence-electron chi connectivity index (χ0n) is 13.7. The van der Waals surface area contributed by atoms with Gasteiger partial charge in [-0.2, -0.15) is 17.0 Å². The van der Waals surface area contributed by atoms with Crippen LogP contribution in [0.2, 0.25) is 0 Å². The minimum absolute atomic E-state index is 0.365. The zero-order valence-corrected chi connectivity index (χ0v) is 14.6. The number of methoxy groups -OCH3 is 1. The molecule has 0 aliphatic carbocycles. The van der Waals surface area contributed by atoms with Crippen molar-refractivity contribution in [2.24, 2.45) is 0 Å². The van der Waals surface area contributed by atoms with Gasteiger partial charge in [-0.05, 0) is 42.5 Å². The Kier molecular flexibility index (Phi) is 4.35. The molecule has 1 saturated heterocycles. The lowest BCUT2D eigenvalue weighted by molar-refractivity contribution is 0.303. The number of hydrogen-bond donors (Lipinski definition) is 1. The highest BCUT2D eigenvalue weighted by atomic mass is 32.2. The molecule has 1 aliphatic rings. The van der Waals surface area contributed by atoms with E-state index in [2.05, 4.69) is 4.98 Å². The summed E-state index contributed by atoms with van der Waals surface area (Å²) in [6.45, 7) is 1.11. The number of H-pyrrole nitrogens is 1. The van der Waals surface area contributed by atoms with Gasteiger partial charge in [-0.1, -0.05) is 0 Å². The second kappa shape index (κ2) is 6.14. The van der Waals surface area contributed by atoms with Gasteiger partial charge in [-0.3, -0.25) is 0 Å². The summed E-state index contributed by atoms with van der Waals surface area (Å²) in [6.07, 6.45) is 3.71. The first-order valence-corrected chi connectivity index (χ1v) is 9.16. The number of benzene rings is 1. The molecule has 1 fully saturated rings. The van der Waals surface area contributed by atoms with Crippen molar-refractivity contribution in [2.75, 3.05) is 34.3 Å². The molecule has 2 heterocycles. The summed E-state index contributed by atoms with van der Waals surface area (Å²) in [5, 5.41) is 1.17. The number of hydrogen-bond acceptors (Lipinski definition) is 3. The SMILES string of the molecule is COc1ccc2[nH]cc(C3CCN(S(=O)(=O)N(C)C)CC3)c2c1. The van der Waals surface area contributed by atoms with Crippen LogP contribution in [0.15, 0.2) is 24.4 Å². The number of rotatable bonds is 4. The third kappa shape index (κ3) is 2.96. The second-order valence-corrected chi connectivity index (χ2v) is 8.26. The van der Waals surface area contributed by atoms with Gasteiger partial charge < -0.3 is 9.72 Å². The van der Waals surface area contributed by atoms with Crippen LogP contribution in [-0.4, -0.2) is 56.3 Å². The first-order chi connectivity index (χ1) is 10.9. The van der Waals surface area contributed by atoms with Gasteiger partial charge in [0.05, 0.1) is 7.11 Å². The van der Waals surface area contributed by atoms with Crippen molar-refractivity contribution in [3.63, 3.8) is 0 Å². The molecular formula is C16H23N3O3S. The molecule has 0 amide bonds. The highest BCUT2D eigenvalue weighted by molar-refractivity contribution is 7.86. The lowest BCUT2D eigenvalue weighted by Gasteiger charge is -2.32. The summed E-state index contributed by atoms with van der Waals surface area (Å²) in [6, 6.07) is 6.00. The zero-order chi connectivity index (χ0) is 16.6. The van der Waals surface area contributed by atoms with Gasteiger partial charge in [0.1, 0.15) is 5.75 Å². The van der Waals surface area contributed by atoms with E-state index in [9.17, 15) is 8.42 Å². The topological polar surface area (TPSA) is 65.6 Å². The van der Waals surface area contributed by atoms with Crippen molar-refractivity contribution in [1.29, 1.82) is 0 Å². The van der Waals surface area contributed by atoms with Crippen LogP contribution in [0.3, 0.4) is 0 Å². The number of aromatic amines is 1. The first kappa shape index (κ1) is 16.3. The molecular weight excluding hydrogens is 314 g/mol. The van der Waals surface area contributed by atoms with E-state index in [1.54, 1.807) is 25.5 Å². The number of nitrogens with zero attached hydrogens (tertiary/aromatic N) is 2. The molecule has 0 unspecified atom stereocenters. The van der Waals surface area contributed by atoms with Gasteiger partial charge in [-0.15, -0.1) is 0 Å². The Morgan fingerprint density at radius 1 is 1.26 bits per heavy atom. The Morgan fingerprint density at radius 2 is 1.96 bits per heavy atom. The molecule has 6 nitrogen and oxygen atoms in total. The van der Waals surface area contributed by atoms with Crippen LogP contribution < -0.4 is 4.74 Å². The van der Waals surface area contributed by atoms with Crippen LogP contribution in [-0.2, 0) is 10.2 Å². The minimum atomic E-state index is -3.31. The predicted octanol–water partition coefficient (Wildman–Crippen LogP) is 2.16. The van der Waals surface area contributed by atoms with E-state index in [4.69, 9.17) is 4.74 Å². The molecule has 3 rings (SSSR count). The number of nitrogens with one attached hydrogen (secondary N) is 1. The van der Waals surface area contributed by atoms with E-state index in [1.807, 2.05) is 24.4 Å². The minimum Gasteiger partial charge on any atom is -0.497 e. The molecule has 1 aliphatic heterocycles. The lowest BCUT2D eigenvalue weighted by Crippen LogP contribution is -2.44. The van der Waals surface area contributed by atoms with Crippen LogP contribution in [0.5, 0.6) is 5.75 Å². The average Bonchev–Trinajstić information content (AvgIpc) is 2.97. The van der Waals surface area contributed by atoms with Gasteiger partial charge in [0.15, 0.2) is 0 Å². The monoisotopic (exact) mass is 337 g/mol. The Labute approximate surface area is 137 Å². The molecule has 0 saturated carbocycles. The largest absolute Gasteiger partial charge is 0.497 e. The molecule has 0 bridgehead atoms. The lowest BCUT2D eigenvalue weighted by atomic mass is 9.90. The molecule has 0 radical (unpaired) electrons. The maximum atomic E-state index is 12.2. The summed E-state index contributed by atoms with van der Waals surface area (Å²) >= 11 is 0. The Bertz CT molecular complexity index is 790. The normalized spacial score (nSPS) is 17.9. The molecule has 0 spiro atoms. The van der Waals surface area contributed by atoms with Crippen molar-refractivity contribution < 1.29 is 13.2 Å². The molecule has 1 N–H and O–H groups in total. The third-order valence-electron chi connectivity index (χ3n) is 4.60. The summed E-state index contributed by atoms with van der Waals surface area (Å²) in [4.78, 5) is 3.30. The molecule has 7 heteroatoms. The maximum Gasteiger partial charge on any atom is 0.281 e. The average molecular weight is 337 g/mol. The summed E-state index contributed by atoms with van der Waals surface area (Å²) in [7, 11) is 1.51. The van der Waals surface area contributed by atoms with Gasteiger partial charge in [0, 0.05) is 44.3 Å². The fourth-order valence-electron chi connectivity index (χ4n) is 3.21. The van der Waals surface area contributed by atoms with Crippen molar-refractivity contribution in [3.8, 4) is 5.75 Å². The van der Waals surface area contributed by atoms with Gasteiger partial charge in [0.25, 0.3) is 10.2 Å². The molecule has 1 aromatic carbocycles. The first-order valence-electron chi connectivity index (χ1n) is 7.76.